The lowest BCUT2D eigenvalue weighted by Gasteiger charge is -2.14. The van der Waals surface area contributed by atoms with E-state index < -0.39 is 0 Å². The van der Waals surface area contributed by atoms with Crippen LogP contribution in [0.25, 0.3) is 0 Å². The normalized spacial score (nSPS) is 15.5. The molecule has 0 radical (unpaired) electrons. The molecule has 0 aromatic heterocycles. The molecule has 2 rings (SSSR count). The van der Waals surface area contributed by atoms with Crippen LogP contribution in [-0.2, 0) is 11.2 Å². The second-order valence-corrected chi connectivity index (χ2v) is 5.85. The second kappa shape index (κ2) is 8.03. The SMILES string of the molecule is COc1ccc(CC(C)NCCCC(=O)NC2CC2)cc1. The predicted molar refractivity (Wildman–Crippen MR) is 84.6 cm³/mol. The Bertz CT molecular complexity index is 441. The van der Waals surface area contributed by atoms with Gasteiger partial charge in [-0.05, 0) is 56.8 Å². The van der Waals surface area contributed by atoms with Gasteiger partial charge in [-0.3, -0.25) is 4.79 Å². The minimum absolute atomic E-state index is 0.196. The lowest BCUT2D eigenvalue weighted by molar-refractivity contribution is -0.121. The molecule has 1 unspecified atom stereocenters. The fourth-order valence-electron chi connectivity index (χ4n) is 2.31. The number of nitrogens with one attached hydrogen (secondary N) is 2. The van der Waals surface area contributed by atoms with Crippen molar-refractivity contribution in [2.75, 3.05) is 13.7 Å². The third-order valence-electron chi connectivity index (χ3n) is 3.72. The first kappa shape index (κ1) is 15.8. The molecule has 1 fully saturated rings. The molecule has 1 aliphatic carbocycles. The van der Waals surface area contributed by atoms with Crippen LogP contribution in [0.4, 0.5) is 0 Å². The third kappa shape index (κ3) is 6.17. The molecule has 0 heterocycles. The Hall–Kier alpha value is -1.55. The summed E-state index contributed by atoms with van der Waals surface area (Å²) in [5.41, 5.74) is 1.29. The van der Waals surface area contributed by atoms with E-state index in [1.165, 1.54) is 5.56 Å². The molecule has 4 heteroatoms. The van der Waals surface area contributed by atoms with Gasteiger partial charge < -0.3 is 15.4 Å². The van der Waals surface area contributed by atoms with Gasteiger partial charge in [-0.2, -0.15) is 0 Å². The summed E-state index contributed by atoms with van der Waals surface area (Å²) in [5.74, 6) is 1.09. The number of rotatable bonds is 9. The molecule has 1 aromatic rings. The summed E-state index contributed by atoms with van der Waals surface area (Å²) in [7, 11) is 1.68. The van der Waals surface area contributed by atoms with Crippen molar-refractivity contribution in [3.63, 3.8) is 0 Å². The molecule has 2 N–H and O–H groups in total. The summed E-state index contributed by atoms with van der Waals surface area (Å²) in [4.78, 5) is 11.5. The van der Waals surface area contributed by atoms with E-state index in [2.05, 4.69) is 29.7 Å². The molecule has 0 saturated heterocycles. The molecule has 0 spiro atoms. The number of methoxy groups -OCH3 is 1. The first-order valence-electron chi connectivity index (χ1n) is 7.83. The van der Waals surface area contributed by atoms with Crippen LogP contribution in [0, 0.1) is 0 Å². The van der Waals surface area contributed by atoms with Crippen LogP contribution < -0.4 is 15.4 Å². The molecule has 4 nitrogen and oxygen atoms in total. The highest BCUT2D eigenvalue weighted by Crippen LogP contribution is 2.18. The summed E-state index contributed by atoms with van der Waals surface area (Å²) in [6, 6.07) is 9.05. The number of hydrogen-bond donors (Lipinski definition) is 2. The Morgan fingerprint density at radius 3 is 2.67 bits per heavy atom. The zero-order valence-corrected chi connectivity index (χ0v) is 13.0. The van der Waals surface area contributed by atoms with Gasteiger partial charge in [0.2, 0.25) is 5.91 Å². The molecule has 1 amide bonds. The summed E-state index contributed by atoms with van der Waals surface area (Å²) >= 11 is 0. The number of carbonyl (C=O) groups is 1. The van der Waals surface area contributed by atoms with E-state index in [1.54, 1.807) is 7.11 Å². The smallest absolute Gasteiger partial charge is 0.220 e. The summed E-state index contributed by atoms with van der Waals surface area (Å²) in [6.07, 6.45) is 4.81. The van der Waals surface area contributed by atoms with Crippen molar-refractivity contribution in [2.24, 2.45) is 0 Å². The molecular formula is C17H26N2O2. The van der Waals surface area contributed by atoms with E-state index in [9.17, 15) is 4.79 Å². The minimum Gasteiger partial charge on any atom is -0.497 e. The lowest BCUT2D eigenvalue weighted by atomic mass is 10.1. The van der Waals surface area contributed by atoms with Gasteiger partial charge in [0, 0.05) is 18.5 Å². The topological polar surface area (TPSA) is 50.4 Å². The maximum absolute atomic E-state index is 11.5. The minimum atomic E-state index is 0.196. The Kier molecular flexibility index (Phi) is 6.05. The van der Waals surface area contributed by atoms with Crippen LogP contribution in [0.3, 0.4) is 0 Å². The van der Waals surface area contributed by atoms with E-state index in [0.29, 0.717) is 18.5 Å². The molecule has 0 bridgehead atoms. The van der Waals surface area contributed by atoms with Crippen molar-refractivity contribution in [3.05, 3.63) is 29.8 Å². The van der Waals surface area contributed by atoms with Crippen LogP contribution in [0.1, 0.15) is 38.2 Å². The van der Waals surface area contributed by atoms with Crippen LogP contribution in [0.15, 0.2) is 24.3 Å². The molecule has 1 atom stereocenters. The summed E-state index contributed by atoms with van der Waals surface area (Å²) in [6.45, 7) is 3.06. The fourth-order valence-corrected chi connectivity index (χ4v) is 2.31. The molecule has 116 valence electrons. The number of ether oxygens (including phenoxy) is 1. The molecule has 1 aliphatic rings. The molecule has 0 aliphatic heterocycles. The maximum Gasteiger partial charge on any atom is 0.220 e. The molecular weight excluding hydrogens is 264 g/mol. The molecule has 21 heavy (non-hydrogen) atoms. The van der Waals surface area contributed by atoms with Crippen molar-refractivity contribution in [2.45, 2.75) is 51.1 Å². The highest BCUT2D eigenvalue weighted by Gasteiger charge is 2.22. The van der Waals surface area contributed by atoms with E-state index in [1.807, 2.05) is 12.1 Å². The van der Waals surface area contributed by atoms with Crippen LogP contribution >= 0.6 is 0 Å². The highest BCUT2D eigenvalue weighted by molar-refractivity contribution is 5.76. The number of hydrogen-bond acceptors (Lipinski definition) is 3. The van der Waals surface area contributed by atoms with Crippen molar-refractivity contribution >= 4 is 5.91 Å². The summed E-state index contributed by atoms with van der Waals surface area (Å²) < 4.78 is 5.15. The average molecular weight is 290 g/mol. The lowest BCUT2D eigenvalue weighted by Crippen LogP contribution is -2.30. The fraction of sp³-hybridized carbons (Fsp3) is 0.588. The van der Waals surface area contributed by atoms with E-state index >= 15 is 0 Å². The Morgan fingerprint density at radius 1 is 1.33 bits per heavy atom. The van der Waals surface area contributed by atoms with Gasteiger partial charge in [-0.25, -0.2) is 0 Å². The second-order valence-electron chi connectivity index (χ2n) is 5.85. The third-order valence-corrected chi connectivity index (χ3v) is 3.72. The number of amides is 1. The standard InChI is InChI=1S/C17H26N2O2/c1-13(12-14-5-9-16(21-2)10-6-14)18-11-3-4-17(20)19-15-7-8-15/h5-6,9-10,13,15,18H,3-4,7-8,11-12H2,1-2H3,(H,19,20). The quantitative estimate of drug-likeness (QED) is 0.686. The van der Waals surface area contributed by atoms with Crippen LogP contribution in [0.5, 0.6) is 5.75 Å². The van der Waals surface area contributed by atoms with Crippen LogP contribution in [0.2, 0.25) is 0 Å². The largest absolute Gasteiger partial charge is 0.497 e. The highest BCUT2D eigenvalue weighted by atomic mass is 16.5. The monoisotopic (exact) mass is 290 g/mol. The Balaban J connectivity index is 1.57. The van der Waals surface area contributed by atoms with E-state index in [0.717, 1.165) is 38.0 Å². The molecule has 1 aromatic carbocycles. The van der Waals surface area contributed by atoms with Gasteiger partial charge in [0.1, 0.15) is 5.75 Å². The van der Waals surface area contributed by atoms with Gasteiger partial charge in [-0.1, -0.05) is 12.1 Å². The first-order valence-corrected chi connectivity index (χ1v) is 7.83. The van der Waals surface area contributed by atoms with Crippen molar-refractivity contribution in [1.82, 2.24) is 10.6 Å². The van der Waals surface area contributed by atoms with E-state index in [4.69, 9.17) is 4.74 Å². The van der Waals surface area contributed by atoms with Gasteiger partial charge >= 0.3 is 0 Å². The first-order chi connectivity index (χ1) is 10.2. The summed E-state index contributed by atoms with van der Waals surface area (Å²) in [5, 5.41) is 6.49. The van der Waals surface area contributed by atoms with Gasteiger partial charge in [0.05, 0.1) is 7.11 Å². The van der Waals surface area contributed by atoms with E-state index in [-0.39, 0.29) is 5.91 Å². The Labute approximate surface area is 127 Å². The van der Waals surface area contributed by atoms with Crippen molar-refractivity contribution in [1.29, 1.82) is 0 Å². The van der Waals surface area contributed by atoms with Gasteiger partial charge in [-0.15, -0.1) is 0 Å². The number of benzene rings is 1. The van der Waals surface area contributed by atoms with Crippen molar-refractivity contribution < 1.29 is 9.53 Å². The van der Waals surface area contributed by atoms with Gasteiger partial charge in [0.25, 0.3) is 0 Å². The zero-order chi connectivity index (χ0) is 15.1. The Morgan fingerprint density at radius 2 is 2.05 bits per heavy atom. The average Bonchev–Trinajstić information content (AvgIpc) is 3.28. The predicted octanol–water partition coefficient (Wildman–Crippen LogP) is 2.27. The van der Waals surface area contributed by atoms with Gasteiger partial charge in [0.15, 0.2) is 0 Å². The zero-order valence-electron chi connectivity index (χ0n) is 13.0. The van der Waals surface area contributed by atoms with Crippen molar-refractivity contribution in [3.8, 4) is 5.75 Å². The van der Waals surface area contributed by atoms with Crippen LogP contribution in [-0.4, -0.2) is 31.6 Å². The number of carbonyl (C=O) groups excluding carboxylic acids is 1. The maximum atomic E-state index is 11.5. The molecule has 1 saturated carbocycles.